The molecule has 3 fully saturated rings. The lowest BCUT2D eigenvalue weighted by molar-refractivity contribution is 0.443. The highest BCUT2D eigenvalue weighted by Crippen LogP contribution is 2.54. The summed E-state index contributed by atoms with van der Waals surface area (Å²) in [5.74, 6) is 2.05. The van der Waals surface area contributed by atoms with Gasteiger partial charge in [0.2, 0.25) is 0 Å². The highest BCUT2D eigenvalue weighted by Gasteiger charge is 2.41. The van der Waals surface area contributed by atoms with E-state index in [0.717, 1.165) is 0 Å². The first-order chi connectivity index (χ1) is 31.7. The molecule has 1 heteroatoms. The van der Waals surface area contributed by atoms with Crippen molar-refractivity contribution in [1.29, 1.82) is 0 Å². The van der Waals surface area contributed by atoms with Crippen LogP contribution in [0.1, 0.15) is 206 Å². The maximum absolute atomic E-state index is 2.67. The molecule has 0 aromatic heterocycles. The van der Waals surface area contributed by atoms with Crippen molar-refractivity contribution < 1.29 is 0 Å². The van der Waals surface area contributed by atoms with E-state index in [1.54, 1.807) is 11.1 Å². The summed E-state index contributed by atoms with van der Waals surface area (Å²) in [6.45, 7) is 9.40. The summed E-state index contributed by atoms with van der Waals surface area (Å²) in [4.78, 5) is 2.53. The third-order valence-electron chi connectivity index (χ3n) is 16.7. The van der Waals surface area contributed by atoms with Gasteiger partial charge in [-0.15, -0.1) is 0 Å². The van der Waals surface area contributed by atoms with Gasteiger partial charge in [0.25, 0.3) is 0 Å². The molecule has 4 aliphatic carbocycles. The quantitative estimate of drug-likeness (QED) is 0.147. The van der Waals surface area contributed by atoms with Gasteiger partial charge in [-0.3, -0.25) is 0 Å². The molecule has 3 saturated carbocycles. The summed E-state index contributed by atoms with van der Waals surface area (Å²) in [6, 6.07) is 53.2. The number of fused-ring (bicyclic) bond motifs is 3. The average molecular weight is 858 g/mol. The molecule has 6 aromatic rings. The minimum Gasteiger partial charge on any atom is -0.310 e. The van der Waals surface area contributed by atoms with E-state index in [0.29, 0.717) is 17.8 Å². The molecule has 1 unspecified atom stereocenters. The predicted molar refractivity (Wildman–Crippen MR) is 279 cm³/mol. The molecular formula is C64H75N. The molecular weight excluding hydrogens is 783 g/mol. The van der Waals surface area contributed by atoms with Crippen molar-refractivity contribution in [3.05, 3.63) is 172 Å². The SMILES string of the molecule is CC(C)(C)c1ccc(C2(C)c3ccccc3-c3ccc(N(c4ccc(-c5cc(C6CCCCCCC6)cc(C6CCCCCCC6)c5)cc4)c4ccc(C5CCCCC5)cc4)cc32)cc1. The molecule has 6 aromatic carbocycles. The second kappa shape index (κ2) is 19.1. The minimum atomic E-state index is -0.283. The third kappa shape index (κ3) is 9.16. The fraction of sp³-hybridized carbons (Fsp3) is 0.438. The van der Waals surface area contributed by atoms with Gasteiger partial charge in [-0.25, -0.2) is 0 Å². The Bertz CT molecular complexity index is 2470. The standard InChI is InChI=1S/C64H75N/c1-63(2,3)54-32-34-55(35-33-54)64(4)61-27-19-18-26-59(61)60-41-40-58(45-62(60)64)65(56-36-28-49(29-37-56)46-20-16-11-17-21-46)57-38-30-50(31-39-57)53-43-51(47-22-12-7-5-8-13-23-47)42-52(44-53)48-24-14-9-6-10-15-25-48/h18-19,26-48H,5-17,20-25H2,1-4H3. The van der Waals surface area contributed by atoms with Gasteiger partial charge in [0.1, 0.15) is 0 Å². The monoisotopic (exact) mass is 858 g/mol. The van der Waals surface area contributed by atoms with Crippen LogP contribution in [0.15, 0.2) is 133 Å². The van der Waals surface area contributed by atoms with Gasteiger partial charge in [-0.1, -0.05) is 201 Å². The van der Waals surface area contributed by atoms with Crippen molar-refractivity contribution in [2.75, 3.05) is 4.90 Å². The molecule has 0 spiro atoms. The molecule has 1 atom stereocenters. The summed E-state index contributed by atoms with van der Waals surface area (Å²) >= 11 is 0. The Balaban J connectivity index is 1.06. The van der Waals surface area contributed by atoms with Crippen LogP contribution in [0.4, 0.5) is 17.1 Å². The van der Waals surface area contributed by atoms with Gasteiger partial charge >= 0.3 is 0 Å². The number of hydrogen-bond acceptors (Lipinski definition) is 1. The van der Waals surface area contributed by atoms with Crippen LogP contribution in [-0.4, -0.2) is 0 Å². The normalized spacial score (nSPS) is 20.2. The second-order valence-electron chi connectivity index (χ2n) is 22.0. The van der Waals surface area contributed by atoms with E-state index in [-0.39, 0.29) is 10.8 Å². The summed E-state index contributed by atoms with van der Waals surface area (Å²) in [6.07, 6.45) is 26.0. The van der Waals surface area contributed by atoms with Crippen molar-refractivity contribution in [3.63, 3.8) is 0 Å². The number of rotatable bonds is 8. The van der Waals surface area contributed by atoms with Crippen molar-refractivity contribution in [2.45, 2.75) is 178 Å². The number of hydrogen-bond donors (Lipinski definition) is 0. The Morgan fingerprint density at radius 2 is 0.862 bits per heavy atom. The van der Waals surface area contributed by atoms with Crippen LogP contribution in [-0.2, 0) is 10.8 Å². The van der Waals surface area contributed by atoms with Gasteiger partial charge in [-0.05, 0) is 166 Å². The summed E-state index contributed by atoms with van der Waals surface area (Å²) in [5.41, 5.74) is 19.2. The van der Waals surface area contributed by atoms with Crippen molar-refractivity contribution in [3.8, 4) is 22.3 Å². The van der Waals surface area contributed by atoms with E-state index < -0.39 is 0 Å². The van der Waals surface area contributed by atoms with Crippen LogP contribution in [0.25, 0.3) is 22.3 Å². The van der Waals surface area contributed by atoms with Gasteiger partial charge in [0.15, 0.2) is 0 Å². The molecule has 0 N–H and O–H groups in total. The maximum atomic E-state index is 2.67. The lowest BCUT2D eigenvalue weighted by atomic mass is 9.73. The van der Waals surface area contributed by atoms with E-state index in [2.05, 4.69) is 166 Å². The highest BCUT2D eigenvalue weighted by molar-refractivity contribution is 5.87. The van der Waals surface area contributed by atoms with Gasteiger partial charge in [0, 0.05) is 22.5 Å². The van der Waals surface area contributed by atoms with Gasteiger partial charge in [-0.2, -0.15) is 0 Å². The van der Waals surface area contributed by atoms with E-state index in [1.807, 2.05) is 0 Å². The Morgan fingerprint density at radius 1 is 0.400 bits per heavy atom. The van der Waals surface area contributed by atoms with Crippen LogP contribution in [0.2, 0.25) is 0 Å². The van der Waals surface area contributed by atoms with Crippen LogP contribution in [0, 0.1) is 0 Å². The van der Waals surface area contributed by atoms with E-state index in [1.165, 1.54) is 189 Å². The van der Waals surface area contributed by atoms with Crippen LogP contribution in [0.3, 0.4) is 0 Å². The van der Waals surface area contributed by atoms with E-state index in [9.17, 15) is 0 Å². The summed E-state index contributed by atoms with van der Waals surface area (Å²) in [7, 11) is 0. The predicted octanol–water partition coefficient (Wildman–Crippen LogP) is 19.2. The first-order valence-electron chi connectivity index (χ1n) is 26.2. The van der Waals surface area contributed by atoms with Gasteiger partial charge < -0.3 is 4.90 Å². The molecule has 1 nitrogen and oxygen atoms in total. The maximum Gasteiger partial charge on any atom is 0.0465 e. The molecule has 336 valence electrons. The first-order valence-corrected chi connectivity index (χ1v) is 26.2. The molecule has 65 heavy (non-hydrogen) atoms. The molecule has 10 rings (SSSR count). The molecule has 4 aliphatic rings. The Kier molecular flexibility index (Phi) is 13.0. The van der Waals surface area contributed by atoms with Crippen LogP contribution < -0.4 is 4.90 Å². The largest absolute Gasteiger partial charge is 0.310 e. The van der Waals surface area contributed by atoms with Gasteiger partial charge in [0.05, 0.1) is 0 Å². The topological polar surface area (TPSA) is 3.24 Å². The number of nitrogens with zero attached hydrogens (tertiary/aromatic N) is 1. The minimum absolute atomic E-state index is 0.106. The van der Waals surface area contributed by atoms with Crippen molar-refractivity contribution in [2.24, 2.45) is 0 Å². The third-order valence-corrected chi connectivity index (χ3v) is 16.7. The molecule has 0 saturated heterocycles. The first kappa shape index (κ1) is 44.0. The zero-order chi connectivity index (χ0) is 44.4. The average Bonchev–Trinajstić information content (AvgIpc) is 3.57. The van der Waals surface area contributed by atoms with Crippen molar-refractivity contribution >= 4 is 17.1 Å². The smallest absolute Gasteiger partial charge is 0.0465 e. The second-order valence-corrected chi connectivity index (χ2v) is 22.0. The van der Waals surface area contributed by atoms with Crippen LogP contribution in [0.5, 0.6) is 0 Å². The highest BCUT2D eigenvalue weighted by atomic mass is 15.1. The molecule has 0 heterocycles. The number of benzene rings is 6. The zero-order valence-electron chi connectivity index (χ0n) is 40.3. The zero-order valence-corrected chi connectivity index (χ0v) is 40.3. The fourth-order valence-corrected chi connectivity index (χ4v) is 12.7. The van der Waals surface area contributed by atoms with Crippen LogP contribution >= 0.6 is 0 Å². The Labute approximate surface area is 393 Å². The Hall–Kier alpha value is -4.88. The fourth-order valence-electron chi connectivity index (χ4n) is 12.7. The summed E-state index contributed by atoms with van der Waals surface area (Å²) < 4.78 is 0. The van der Waals surface area contributed by atoms with E-state index >= 15 is 0 Å². The van der Waals surface area contributed by atoms with Crippen molar-refractivity contribution in [1.82, 2.24) is 0 Å². The molecule has 0 aliphatic heterocycles. The lowest BCUT2D eigenvalue weighted by Gasteiger charge is -2.31. The molecule has 0 radical (unpaired) electrons. The molecule has 0 amide bonds. The lowest BCUT2D eigenvalue weighted by Crippen LogP contribution is -2.23. The summed E-state index contributed by atoms with van der Waals surface area (Å²) in [5, 5.41) is 0. The van der Waals surface area contributed by atoms with E-state index in [4.69, 9.17) is 0 Å². The number of anilines is 3. The molecule has 0 bridgehead atoms. The Morgan fingerprint density at radius 3 is 1.42 bits per heavy atom.